The first-order valence-electron chi connectivity index (χ1n) is 10.6. The van der Waals surface area contributed by atoms with Gasteiger partial charge >= 0.3 is 0 Å². The minimum Gasteiger partial charge on any atom is -0.378 e. The fraction of sp³-hybridized carbons (Fsp3) is 0.280. The van der Waals surface area contributed by atoms with E-state index in [1.165, 1.54) is 5.57 Å². The summed E-state index contributed by atoms with van der Waals surface area (Å²) >= 11 is 0. The summed E-state index contributed by atoms with van der Waals surface area (Å²) in [6.07, 6.45) is 7.12. The van der Waals surface area contributed by atoms with E-state index in [1.54, 1.807) is 0 Å². The zero-order chi connectivity index (χ0) is 21.6. The number of hydrogen-bond donors (Lipinski definition) is 1. The van der Waals surface area contributed by atoms with Crippen LogP contribution >= 0.6 is 0 Å². The Balaban J connectivity index is 1.26. The van der Waals surface area contributed by atoms with E-state index in [0.29, 0.717) is 13.1 Å². The van der Waals surface area contributed by atoms with Crippen LogP contribution in [0.5, 0.6) is 0 Å². The van der Waals surface area contributed by atoms with Gasteiger partial charge in [0.05, 0.1) is 18.4 Å². The van der Waals surface area contributed by atoms with E-state index >= 15 is 0 Å². The molecule has 6 nitrogen and oxygen atoms in total. The lowest BCUT2D eigenvalue weighted by Gasteiger charge is -2.25. The molecule has 1 aromatic heterocycles. The summed E-state index contributed by atoms with van der Waals surface area (Å²) in [5.41, 5.74) is 5.75. The van der Waals surface area contributed by atoms with Crippen molar-refractivity contribution >= 4 is 17.2 Å². The smallest absolute Gasteiger partial charge is 0.234 e. The number of carbonyl (C=O) groups is 1. The number of carbonyl (C=O) groups excluding carboxylic acids is 1. The van der Waals surface area contributed by atoms with Crippen molar-refractivity contribution in [1.29, 1.82) is 0 Å². The van der Waals surface area contributed by atoms with Gasteiger partial charge in [-0.25, -0.2) is 4.68 Å². The molecule has 0 atom stereocenters. The maximum atomic E-state index is 12.4. The van der Waals surface area contributed by atoms with Gasteiger partial charge in [0.15, 0.2) is 0 Å². The van der Waals surface area contributed by atoms with Crippen LogP contribution in [0.4, 0.5) is 5.69 Å². The molecule has 0 aliphatic carbocycles. The molecule has 0 bridgehead atoms. The fourth-order valence-corrected chi connectivity index (χ4v) is 3.70. The van der Waals surface area contributed by atoms with Crippen molar-refractivity contribution in [2.75, 3.05) is 38.6 Å². The van der Waals surface area contributed by atoms with Gasteiger partial charge in [-0.1, -0.05) is 36.4 Å². The van der Waals surface area contributed by atoms with Gasteiger partial charge < -0.3 is 10.2 Å². The fourth-order valence-electron chi connectivity index (χ4n) is 3.70. The Morgan fingerprint density at radius 2 is 1.87 bits per heavy atom. The molecule has 4 rings (SSSR count). The Labute approximate surface area is 183 Å². The summed E-state index contributed by atoms with van der Waals surface area (Å²) in [4.78, 5) is 16.6. The lowest BCUT2D eigenvalue weighted by atomic mass is 10.0. The number of anilines is 1. The Morgan fingerprint density at radius 1 is 1.10 bits per heavy atom. The van der Waals surface area contributed by atoms with E-state index < -0.39 is 0 Å². The highest BCUT2D eigenvalue weighted by Crippen LogP contribution is 2.22. The van der Waals surface area contributed by atoms with Gasteiger partial charge in [0.2, 0.25) is 5.91 Å². The van der Waals surface area contributed by atoms with E-state index in [4.69, 9.17) is 0 Å². The van der Waals surface area contributed by atoms with E-state index in [0.717, 1.165) is 42.0 Å². The maximum Gasteiger partial charge on any atom is 0.234 e. The molecule has 0 unspecified atom stereocenters. The lowest BCUT2D eigenvalue weighted by molar-refractivity contribution is -0.122. The van der Waals surface area contributed by atoms with E-state index in [2.05, 4.69) is 56.8 Å². The van der Waals surface area contributed by atoms with Crippen LogP contribution in [0.25, 0.3) is 11.3 Å². The summed E-state index contributed by atoms with van der Waals surface area (Å²) in [5.74, 6) is 0.0606. The summed E-state index contributed by atoms with van der Waals surface area (Å²) in [6.45, 7) is 2.62. The average Bonchev–Trinajstić information content (AvgIpc) is 3.29. The predicted octanol–water partition coefficient (Wildman–Crippen LogP) is 3.34. The number of benzene rings is 2. The monoisotopic (exact) mass is 415 g/mol. The number of nitrogens with zero attached hydrogens (tertiary/aromatic N) is 4. The zero-order valence-electron chi connectivity index (χ0n) is 18.2. The molecule has 3 aromatic rings. The van der Waals surface area contributed by atoms with Crippen LogP contribution in [0.3, 0.4) is 0 Å². The van der Waals surface area contributed by atoms with E-state index in [9.17, 15) is 4.79 Å². The van der Waals surface area contributed by atoms with Crippen LogP contribution in [0.15, 0.2) is 73.1 Å². The molecule has 160 valence electrons. The summed E-state index contributed by atoms with van der Waals surface area (Å²) in [6, 6.07) is 18.4. The van der Waals surface area contributed by atoms with Crippen LogP contribution in [-0.4, -0.2) is 54.3 Å². The van der Waals surface area contributed by atoms with Gasteiger partial charge in [-0.3, -0.25) is 9.69 Å². The van der Waals surface area contributed by atoms with Gasteiger partial charge in [0.1, 0.15) is 0 Å². The van der Waals surface area contributed by atoms with Gasteiger partial charge in [0.25, 0.3) is 0 Å². The molecule has 0 saturated heterocycles. The molecule has 6 heteroatoms. The van der Waals surface area contributed by atoms with Crippen molar-refractivity contribution in [2.45, 2.75) is 13.0 Å². The third-order valence-corrected chi connectivity index (χ3v) is 5.58. The normalized spacial score (nSPS) is 14.2. The van der Waals surface area contributed by atoms with Crippen molar-refractivity contribution < 1.29 is 4.79 Å². The molecular formula is C25H29N5O. The summed E-state index contributed by atoms with van der Waals surface area (Å²) in [7, 11) is 4.04. The second-order valence-corrected chi connectivity index (χ2v) is 8.06. The molecule has 1 aliphatic heterocycles. The third kappa shape index (κ3) is 5.41. The lowest BCUT2D eigenvalue weighted by Crippen LogP contribution is -2.39. The number of amides is 1. The molecule has 31 heavy (non-hydrogen) atoms. The number of rotatable bonds is 7. The second-order valence-electron chi connectivity index (χ2n) is 8.06. The SMILES string of the molecule is CN(C)c1ccc(CNC(=O)CN2CC=C(c3cnn(-c4ccccc4)c3)CC2)cc1. The molecule has 2 aromatic carbocycles. The molecule has 1 aliphatic rings. The number of hydrogen-bond acceptors (Lipinski definition) is 4. The van der Waals surface area contributed by atoms with Crippen molar-refractivity contribution in [3.8, 4) is 5.69 Å². The molecule has 2 heterocycles. The molecule has 0 radical (unpaired) electrons. The topological polar surface area (TPSA) is 53.4 Å². The number of nitrogens with one attached hydrogen (secondary N) is 1. The van der Waals surface area contributed by atoms with Crippen LogP contribution in [0, 0.1) is 0 Å². The Hall–Kier alpha value is -3.38. The minimum absolute atomic E-state index is 0.0606. The van der Waals surface area contributed by atoms with Gasteiger partial charge in [-0.2, -0.15) is 5.10 Å². The standard InChI is InChI=1S/C25H29N5O/c1-28(2)23-10-8-20(9-11-23)16-26-25(31)19-29-14-12-21(13-15-29)22-17-27-30(18-22)24-6-4-3-5-7-24/h3-12,17-18H,13-16,19H2,1-2H3,(H,26,31). The minimum atomic E-state index is 0.0606. The largest absolute Gasteiger partial charge is 0.378 e. The molecule has 1 amide bonds. The first-order valence-corrected chi connectivity index (χ1v) is 10.6. The van der Waals surface area contributed by atoms with Crippen LogP contribution < -0.4 is 10.2 Å². The average molecular weight is 416 g/mol. The molecule has 1 N–H and O–H groups in total. The third-order valence-electron chi connectivity index (χ3n) is 5.58. The Bertz CT molecular complexity index is 1040. The summed E-state index contributed by atoms with van der Waals surface area (Å²) < 4.78 is 1.90. The molecule has 0 fully saturated rings. The highest BCUT2D eigenvalue weighted by atomic mass is 16.2. The Morgan fingerprint density at radius 3 is 2.55 bits per heavy atom. The van der Waals surface area contributed by atoms with E-state index in [-0.39, 0.29) is 5.91 Å². The number of para-hydroxylation sites is 1. The van der Waals surface area contributed by atoms with Gasteiger partial charge in [-0.05, 0) is 41.8 Å². The van der Waals surface area contributed by atoms with Crippen LogP contribution in [0.1, 0.15) is 17.5 Å². The van der Waals surface area contributed by atoms with Crippen molar-refractivity contribution in [2.24, 2.45) is 0 Å². The van der Waals surface area contributed by atoms with Gasteiger partial charge in [-0.15, -0.1) is 0 Å². The predicted molar refractivity (Wildman–Crippen MR) is 125 cm³/mol. The number of aromatic nitrogens is 2. The molecule has 0 saturated carbocycles. The van der Waals surface area contributed by atoms with Crippen molar-refractivity contribution in [3.63, 3.8) is 0 Å². The van der Waals surface area contributed by atoms with Crippen molar-refractivity contribution in [3.05, 3.63) is 84.2 Å². The van der Waals surface area contributed by atoms with Crippen LogP contribution in [0.2, 0.25) is 0 Å². The zero-order valence-corrected chi connectivity index (χ0v) is 18.2. The quantitative estimate of drug-likeness (QED) is 0.643. The first-order chi connectivity index (χ1) is 15.1. The van der Waals surface area contributed by atoms with E-state index in [1.807, 2.05) is 55.3 Å². The molecular weight excluding hydrogens is 386 g/mol. The van der Waals surface area contributed by atoms with Gasteiger partial charge in [0, 0.05) is 51.2 Å². The highest BCUT2D eigenvalue weighted by Gasteiger charge is 2.16. The first kappa shape index (κ1) is 20.9. The Kier molecular flexibility index (Phi) is 6.48. The van der Waals surface area contributed by atoms with Crippen molar-refractivity contribution in [1.82, 2.24) is 20.0 Å². The summed E-state index contributed by atoms with van der Waals surface area (Å²) in [5, 5.41) is 7.52. The second kappa shape index (κ2) is 9.62. The molecule has 0 spiro atoms. The van der Waals surface area contributed by atoms with Crippen LogP contribution in [-0.2, 0) is 11.3 Å². The maximum absolute atomic E-state index is 12.4. The highest BCUT2D eigenvalue weighted by molar-refractivity contribution is 5.78.